The summed E-state index contributed by atoms with van der Waals surface area (Å²) in [7, 11) is 1.31. The number of fused-ring (bicyclic) bond motifs is 3. The maximum atomic E-state index is 12.9. The monoisotopic (exact) mass is 397 g/mol. The first-order valence-corrected chi connectivity index (χ1v) is 9.86. The van der Waals surface area contributed by atoms with Gasteiger partial charge in [-0.3, -0.25) is 14.2 Å². The maximum absolute atomic E-state index is 12.9. The fourth-order valence-corrected chi connectivity index (χ4v) is 4.68. The first-order chi connectivity index (χ1) is 13.6. The summed E-state index contributed by atoms with van der Waals surface area (Å²) < 4.78 is 6.00. The Morgan fingerprint density at radius 3 is 2.71 bits per heavy atom. The van der Waals surface area contributed by atoms with E-state index in [4.69, 9.17) is 0 Å². The van der Waals surface area contributed by atoms with Crippen molar-refractivity contribution < 1.29 is 14.3 Å². The number of benzene rings is 1. The summed E-state index contributed by atoms with van der Waals surface area (Å²) in [5.74, 6) is -0.777. The number of methoxy groups -OCH3 is 1. The van der Waals surface area contributed by atoms with Crippen molar-refractivity contribution in [1.29, 1.82) is 0 Å². The zero-order valence-electron chi connectivity index (χ0n) is 15.4. The van der Waals surface area contributed by atoms with Gasteiger partial charge in [-0.15, -0.1) is 11.3 Å². The molecule has 1 aliphatic rings. The number of carbonyl (C=O) groups excluding carboxylic acids is 2. The lowest BCUT2D eigenvalue weighted by atomic mass is 9.97. The van der Waals surface area contributed by atoms with Gasteiger partial charge in [-0.25, -0.2) is 9.78 Å². The van der Waals surface area contributed by atoms with Crippen molar-refractivity contribution in [3.05, 3.63) is 57.0 Å². The van der Waals surface area contributed by atoms with Gasteiger partial charge in [-0.2, -0.15) is 0 Å². The predicted molar refractivity (Wildman–Crippen MR) is 107 cm³/mol. The van der Waals surface area contributed by atoms with Crippen molar-refractivity contribution in [1.82, 2.24) is 9.55 Å². The quantitative estimate of drug-likeness (QED) is 0.684. The molecule has 7 nitrogen and oxygen atoms in total. The number of ether oxygens (including phenoxy) is 1. The van der Waals surface area contributed by atoms with Crippen molar-refractivity contribution in [2.45, 2.75) is 32.2 Å². The van der Waals surface area contributed by atoms with E-state index < -0.39 is 5.97 Å². The molecule has 0 unspecified atom stereocenters. The minimum atomic E-state index is -0.442. The second-order valence-corrected chi connectivity index (χ2v) is 7.77. The van der Waals surface area contributed by atoms with Crippen molar-refractivity contribution in [3.8, 4) is 0 Å². The molecule has 3 aromatic rings. The largest absolute Gasteiger partial charge is 0.465 e. The zero-order valence-corrected chi connectivity index (χ0v) is 16.2. The van der Waals surface area contributed by atoms with Gasteiger partial charge >= 0.3 is 5.97 Å². The van der Waals surface area contributed by atoms with Crippen LogP contribution in [0, 0.1) is 0 Å². The van der Waals surface area contributed by atoms with Crippen LogP contribution in [-0.2, 0) is 28.9 Å². The average molecular weight is 397 g/mol. The molecule has 0 bridgehead atoms. The van der Waals surface area contributed by atoms with Crippen LogP contribution in [0.4, 0.5) is 5.69 Å². The molecule has 2 heterocycles. The number of rotatable bonds is 4. The average Bonchev–Trinajstić information content (AvgIpc) is 3.09. The topological polar surface area (TPSA) is 90.3 Å². The van der Waals surface area contributed by atoms with E-state index in [0.717, 1.165) is 36.1 Å². The Morgan fingerprint density at radius 2 is 1.96 bits per heavy atom. The molecule has 1 aliphatic carbocycles. The standard InChI is InChI=1S/C20H19N3O4S/c1-27-20(26)12-6-8-13(9-7-12)22-16(24)10-23-11-21-18-17(19(23)25)14-4-2-3-5-15(14)28-18/h6-9,11H,2-5,10H2,1H3,(H,22,24). The summed E-state index contributed by atoms with van der Waals surface area (Å²) in [4.78, 5) is 43.1. The molecular formula is C20H19N3O4S. The Labute approximate surface area is 165 Å². The smallest absolute Gasteiger partial charge is 0.337 e. The normalized spacial score (nSPS) is 13.2. The highest BCUT2D eigenvalue weighted by atomic mass is 32.1. The highest BCUT2D eigenvalue weighted by Gasteiger charge is 2.20. The van der Waals surface area contributed by atoms with Crippen LogP contribution < -0.4 is 10.9 Å². The molecule has 1 N–H and O–H groups in total. The fraction of sp³-hybridized carbons (Fsp3) is 0.300. The van der Waals surface area contributed by atoms with Gasteiger partial charge in [0.25, 0.3) is 5.56 Å². The summed E-state index contributed by atoms with van der Waals surface area (Å²) in [5, 5.41) is 3.39. The molecule has 0 atom stereocenters. The van der Waals surface area contributed by atoms with Crippen LogP contribution in [0.25, 0.3) is 10.2 Å². The molecule has 1 amide bonds. The van der Waals surface area contributed by atoms with E-state index in [9.17, 15) is 14.4 Å². The number of aromatic nitrogens is 2. The molecule has 2 aromatic heterocycles. The Bertz CT molecular complexity index is 1110. The van der Waals surface area contributed by atoms with Crippen LogP contribution in [0.1, 0.15) is 33.6 Å². The number of hydrogen-bond acceptors (Lipinski definition) is 6. The van der Waals surface area contributed by atoms with Gasteiger partial charge in [0.2, 0.25) is 5.91 Å². The van der Waals surface area contributed by atoms with Crippen molar-refractivity contribution in [3.63, 3.8) is 0 Å². The van der Waals surface area contributed by atoms with Gasteiger partial charge in [0, 0.05) is 10.6 Å². The van der Waals surface area contributed by atoms with Gasteiger partial charge < -0.3 is 10.1 Å². The third-order valence-electron chi connectivity index (χ3n) is 4.85. The van der Waals surface area contributed by atoms with Crippen LogP contribution in [0.2, 0.25) is 0 Å². The number of anilines is 1. The second-order valence-electron chi connectivity index (χ2n) is 6.69. The number of aryl methyl sites for hydroxylation is 2. The lowest BCUT2D eigenvalue weighted by Gasteiger charge is -2.11. The summed E-state index contributed by atoms with van der Waals surface area (Å²) in [6, 6.07) is 6.37. The number of carbonyl (C=O) groups is 2. The van der Waals surface area contributed by atoms with E-state index >= 15 is 0 Å². The maximum Gasteiger partial charge on any atom is 0.337 e. The van der Waals surface area contributed by atoms with Crippen LogP contribution in [0.15, 0.2) is 35.4 Å². The SMILES string of the molecule is COC(=O)c1ccc(NC(=O)Cn2cnc3sc4c(c3c2=O)CCCC4)cc1. The van der Waals surface area contributed by atoms with Crippen molar-refractivity contribution in [2.75, 3.05) is 12.4 Å². The zero-order chi connectivity index (χ0) is 19.7. The molecule has 0 radical (unpaired) electrons. The number of amides is 1. The number of thiophene rings is 1. The van der Waals surface area contributed by atoms with E-state index in [1.165, 1.54) is 22.9 Å². The van der Waals surface area contributed by atoms with E-state index in [2.05, 4.69) is 15.0 Å². The molecule has 4 rings (SSSR count). The molecule has 0 fully saturated rings. The Morgan fingerprint density at radius 1 is 1.21 bits per heavy atom. The van der Waals surface area contributed by atoms with Gasteiger partial charge in [-0.1, -0.05) is 0 Å². The lowest BCUT2D eigenvalue weighted by Crippen LogP contribution is -2.28. The fourth-order valence-electron chi connectivity index (χ4n) is 3.46. The lowest BCUT2D eigenvalue weighted by molar-refractivity contribution is -0.116. The van der Waals surface area contributed by atoms with Crippen LogP contribution in [0.3, 0.4) is 0 Å². The Hall–Kier alpha value is -3.00. The van der Waals surface area contributed by atoms with Gasteiger partial charge in [0.15, 0.2) is 0 Å². The summed E-state index contributed by atoms with van der Waals surface area (Å²) in [5.41, 5.74) is 1.87. The van der Waals surface area contributed by atoms with Gasteiger partial charge in [0.1, 0.15) is 11.4 Å². The molecular weight excluding hydrogens is 378 g/mol. The van der Waals surface area contributed by atoms with E-state index in [-0.39, 0.29) is 18.0 Å². The van der Waals surface area contributed by atoms with E-state index in [0.29, 0.717) is 16.6 Å². The number of nitrogens with one attached hydrogen (secondary N) is 1. The van der Waals surface area contributed by atoms with Crippen molar-refractivity contribution in [2.24, 2.45) is 0 Å². The van der Waals surface area contributed by atoms with Crippen LogP contribution in [-0.4, -0.2) is 28.5 Å². The molecule has 0 saturated heterocycles. The third-order valence-corrected chi connectivity index (χ3v) is 6.05. The highest BCUT2D eigenvalue weighted by Crippen LogP contribution is 2.33. The first kappa shape index (κ1) is 18.4. The van der Waals surface area contributed by atoms with Crippen molar-refractivity contribution >= 4 is 39.1 Å². The molecule has 144 valence electrons. The summed E-state index contributed by atoms with van der Waals surface area (Å²) in [6.45, 7) is -0.120. The third kappa shape index (κ3) is 3.43. The molecule has 0 saturated carbocycles. The van der Waals surface area contributed by atoms with Gasteiger partial charge in [0.05, 0.1) is 24.4 Å². The molecule has 0 aliphatic heterocycles. The molecule has 28 heavy (non-hydrogen) atoms. The molecule has 1 aromatic carbocycles. The summed E-state index contributed by atoms with van der Waals surface area (Å²) >= 11 is 1.59. The first-order valence-electron chi connectivity index (χ1n) is 9.04. The van der Waals surface area contributed by atoms with Crippen LogP contribution >= 0.6 is 11.3 Å². The van der Waals surface area contributed by atoms with Crippen LogP contribution in [0.5, 0.6) is 0 Å². The number of nitrogens with zero attached hydrogens (tertiary/aromatic N) is 2. The van der Waals surface area contributed by atoms with Gasteiger partial charge in [-0.05, 0) is 55.5 Å². The molecule has 0 spiro atoms. The second kappa shape index (κ2) is 7.55. The highest BCUT2D eigenvalue weighted by molar-refractivity contribution is 7.18. The summed E-state index contributed by atoms with van der Waals surface area (Å²) in [6.07, 6.45) is 5.56. The Balaban J connectivity index is 1.53. The minimum Gasteiger partial charge on any atom is -0.465 e. The van der Waals surface area contributed by atoms with E-state index in [1.54, 1.807) is 35.6 Å². The molecule has 8 heteroatoms. The predicted octanol–water partition coefficient (Wildman–Crippen LogP) is 2.76. The minimum absolute atomic E-state index is 0.120. The number of esters is 1. The Kier molecular flexibility index (Phi) is 4.95. The van der Waals surface area contributed by atoms with E-state index in [1.807, 2.05) is 0 Å². The number of hydrogen-bond donors (Lipinski definition) is 1.